The van der Waals surface area contributed by atoms with Crippen molar-refractivity contribution in [3.05, 3.63) is 23.5 Å². The molecule has 0 aliphatic carbocycles. The molecule has 1 amide bonds. The number of H-pyrrole nitrogens is 1. The van der Waals surface area contributed by atoms with Crippen molar-refractivity contribution < 1.29 is 9.90 Å². The quantitative estimate of drug-likeness (QED) is 0.796. The number of aryl methyl sites for hydroxylation is 1. The van der Waals surface area contributed by atoms with E-state index in [1.54, 1.807) is 0 Å². The number of aliphatic hydroxyl groups excluding tert-OH is 1. The van der Waals surface area contributed by atoms with Crippen LogP contribution in [-0.2, 0) is 11.2 Å². The summed E-state index contributed by atoms with van der Waals surface area (Å²) in [6.45, 7) is 2.84. The largest absolute Gasteiger partial charge is 0.394 e. The van der Waals surface area contributed by atoms with Gasteiger partial charge in [0.05, 0.1) is 19.1 Å². The molecule has 0 aromatic carbocycles. The monoisotopic (exact) mass is 222 g/mol. The van der Waals surface area contributed by atoms with Gasteiger partial charge in [-0.2, -0.15) is 0 Å². The highest BCUT2D eigenvalue weighted by Crippen LogP contribution is 2.18. The molecule has 0 spiro atoms. The first-order chi connectivity index (χ1) is 7.70. The lowest BCUT2D eigenvalue weighted by Crippen LogP contribution is -2.38. The molecular formula is C12H18N2O2. The first-order valence-electron chi connectivity index (χ1n) is 5.75. The summed E-state index contributed by atoms with van der Waals surface area (Å²) in [6.07, 6.45) is 4.23. The fraction of sp³-hybridized carbons (Fsp3) is 0.583. The second-order valence-corrected chi connectivity index (χ2v) is 4.43. The Morgan fingerprint density at radius 2 is 2.50 bits per heavy atom. The van der Waals surface area contributed by atoms with Crippen LogP contribution in [0, 0.1) is 6.92 Å². The summed E-state index contributed by atoms with van der Waals surface area (Å²) in [5.41, 5.74) is 2.09. The number of aromatic nitrogens is 1. The number of hydrogen-bond acceptors (Lipinski definition) is 2. The minimum atomic E-state index is 0.0348. The van der Waals surface area contributed by atoms with Gasteiger partial charge in [0, 0.05) is 18.4 Å². The van der Waals surface area contributed by atoms with Crippen LogP contribution in [0.4, 0.5) is 0 Å². The molecule has 1 unspecified atom stereocenters. The van der Waals surface area contributed by atoms with Crippen molar-refractivity contribution in [2.24, 2.45) is 0 Å². The van der Waals surface area contributed by atoms with Gasteiger partial charge in [-0.05, 0) is 31.4 Å². The smallest absolute Gasteiger partial charge is 0.227 e. The number of rotatable bonds is 3. The highest BCUT2D eigenvalue weighted by atomic mass is 16.3. The Bertz CT molecular complexity index is 373. The molecule has 16 heavy (non-hydrogen) atoms. The molecule has 1 aliphatic rings. The average molecular weight is 222 g/mol. The maximum absolute atomic E-state index is 12.0. The molecule has 88 valence electrons. The van der Waals surface area contributed by atoms with Gasteiger partial charge in [-0.25, -0.2) is 0 Å². The van der Waals surface area contributed by atoms with Crippen molar-refractivity contribution in [3.63, 3.8) is 0 Å². The van der Waals surface area contributed by atoms with Crippen LogP contribution in [0.3, 0.4) is 0 Å². The van der Waals surface area contributed by atoms with Gasteiger partial charge >= 0.3 is 0 Å². The molecule has 0 radical (unpaired) electrons. The summed E-state index contributed by atoms with van der Waals surface area (Å²) < 4.78 is 0. The number of nitrogens with one attached hydrogen (secondary N) is 1. The van der Waals surface area contributed by atoms with E-state index in [2.05, 4.69) is 4.98 Å². The lowest BCUT2D eigenvalue weighted by molar-refractivity contribution is -0.131. The Morgan fingerprint density at radius 3 is 3.12 bits per heavy atom. The molecule has 1 fully saturated rings. The number of carbonyl (C=O) groups excluding carboxylic acids is 1. The van der Waals surface area contributed by atoms with Gasteiger partial charge in [0.15, 0.2) is 0 Å². The molecule has 4 nitrogen and oxygen atoms in total. The van der Waals surface area contributed by atoms with E-state index < -0.39 is 0 Å². The van der Waals surface area contributed by atoms with E-state index in [4.69, 9.17) is 5.11 Å². The molecule has 1 aromatic heterocycles. The van der Waals surface area contributed by atoms with Gasteiger partial charge < -0.3 is 15.0 Å². The summed E-state index contributed by atoms with van der Waals surface area (Å²) in [6, 6.07) is 2.02. The maximum Gasteiger partial charge on any atom is 0.227 e. The van der Waals surface area contributed by atoms with E-state index in [-0.39, 0.29) is 18.6 Å². The lowest BCUT2D eigenvalue weighted by Gasteiger charge is -2.22. The molecule has 1 aliphatic heterocycles. The standard InChI is InChI=1S/C12H18N2O2/c1-9-5-10(7-13-9)6-12(16)14-4-2-3-11(14)8-15/h5,7,11,13,15H,2-4,6,8H2,1H3. The predicted molar refractivity (Wildman–Crippen MR) is 61.1 cm³/mol. The van der Waals surface area contributed by atoms with Crippen LogP contribution in [0.25, 0.3) is 0 Å². The van der Waals surface area contributed by atoms with E-state index >= 15 is 0 Å². The molecule has 1 atom stereocenters. The summed E-state index contributed by atoms with van der Waals surface area (Å²) in [7, 11) is 0. The van der Waals surface area contributed by atoms with Crippen LogP contribution >= 0.6 is 0 Å². The third kappa shape index (κ3) is 2.27. The molecule has 1 saturated heterocycles. The molecule has 2 N–H and O–H groups in total. The third-order valence-corrected chi connectivity index (χ3v) is 3.15. The summed E-state index contributed by atoms with van der Waals surface area (Å²) >= 11 is 0. The second kappa shape index (κ2) is 4.70. The highest BCUT2D eigenvalue weighted by molar-refractivity contribution is 5.79. The van der Waals surface area contributed by atoms with Crippen LogP contribution in [0.5, 0.6) is 0 Å². The van der Waals surface area contributed by atoms with Crippen molar-refractivity contribution in [1.82, 2.24) is 9.88 Å². The fourth-order valence-corrected chi connectivity index (χ4v) is 2.30. The minimum Gasteiger partial charge on any atom is -0.394 e. The van der Waals surface area contributed by atoms with Crippen molar-refractivity contribution in [3.8, 4) is 0 Å². The molecular weight excluding hydrogens is 204 g/mol. The molecule has 1 aromatic rings. The van der Waals surface area contributed by atoms with Gasteiger partial charge in [0.25, 0.3) is 0 Å². The van der Waals surface area contributed by atoms with E-state index in [0.717, 1.165) is 30.6 Å². The van der Waals surface area contributed by atoms with Crippen molar-refractivity contribution in [2.75, 3.05) is 13.2 Å². The third-order valence-electron chi connectivity index (χ3n) is 3.15. The summed E-state index contributed by atoms with van der Waals surface area (Å²) in [5.74, 6) is 0.121. The van der Waals surface area contributed by atoms with E-state index in [0.29, 0.717) is 6.42 Å². The fourth-order valence-electron chi connectivity index (χ4n) is 2.30. The van der Waals surface area contributed by atoms with Gasteiger partial charge in [-0.15, -0.1) is 0 Å². The number of aromatic amines is 1. The normalized spacial score (nSPS) is 20.4. The first-order valence-corrected chi connectivity index (χ1v) is 5.75. The average Bonchev–Trinajstić information content (AvgIpc) is 2.86. The first kappa shape index (κ1) is 11.2. The van der Waals surface area contributed by atoms with Crippen LogP contribution in [0.15, 0.2) is 12.3 Å². The SMILES string of the molecule is Cc1cc(CC(=O)N2CCCC2CO)c[nH]1. The highest BCUT2D eigenvalue weighted by Gasteiger charge is 2.27. The zero-order valence-electron chi connectivity index (χ0n) is 9.57. The summed E-state index contributed by atoms with van der Waals surface area (Å²) in [4.78, 5) is 16.9. The molecule has 2 rings (SSSR count). The Labute approximate surface area is 95.3 Å². The van der Waals surface area contributed by atoms with Crippen LogP contribution in [0.1, 0.15) is 24.1 Å². The predicted octanol–water partition coefficient (Wildman–Crippen LogP) is 0.849. The van der Waals surface area contributed by atoms with E-state index in [1.165, 1.54) is 0 Å². The van der Waals surface area contributed by atoms with Gasteiger partial charge in [-0.3, -0.25) is 4.79 Å². The number of aliphatic hydroxyl groups is 1. The van der Waals surface area contributed by atoms with Crippen molar-refractivity contribution in [1.29, 1.82) is 0 Å². The number of hydrogen-bond donors (Lipinski definition) is 2. The topological polar surface area (TPSA) is 56.3 Å². The van der Waals surface area contributed by atoms with E-state index in [9.17, 15) is 4.79 Å². The minimum absolute atomic E-state index is 0.0348. The second-order valence-electron chi connectivity index (χ2n) is 4.43. The molecule has 0 saturated carbocycles. The molecule has 2 heterocycles. The number of amides is 1. The van der Waals surface area contributed by atoms with Gasteiger partial charge in [-0.1, -0.05) is 0 Å². The lowest BCUT2D eigenvalue weighted by atomic mass is 10.2. The van der Waals surface area contributed by atoms with Crippen LogP contribution < -0.4 is 0 Å². The zero-order valence-corrected chi connectivity index (χ0v) is 9.57. The van der Waals surface area contributed by atoms with Crippen LogP contribution in [-0.4, -0.2) is 40.1 Å². The molecule has 0 bridgehead atoms. The zero-order chi connectivity index (χ0) is 11.5. The molecule has 4 heteroatoms. The number of nitrogens with zero attached hydrogens (tertiary/aromatic N) is 1. The maximum atomic E-state index is 12.0. The van der Waals surface area contributed by atoms with Crippen LogP contribution in [0.2, 0.25) is 0 Å². The summed E-state index contributed by atoms with van der Waals surface area (Å²) in [5, 5.41) is 9.16. The van der Waals surface area contributed by atoms with Crippen molar-refractivity contribution in [2.45, 2.75) is 32.2 Å². The van der Waals surface area contributed by atoms with E-state index in [1.807, 2.05) is 24.1 Å². The van der Waals surface area contributed by atoms with Crippen molar-refractivity contribution >= 4 is 5.91 Å². The Balaban J connectivity index is 1.97. The Morgan fingerprint density at radius 1 is 1.69 bits per heavy atom. The number of likely N-dealkylation sites (tertiary alicyclic amines) is 1. The Kier molecular flexibility index (Phi) is 3.29. The van der Waals surface area contributed by atoms with Gasteiger partial charge in [0.1, 0.15) is 0 Å². The van der Waals surface area contributed by atoms with Gasteiger partial charge in [0.2, 0.25) is 5.91 Å². The Hall–Kier alpha value is -1.29. The number of carbonyl (C=O) groups is 1.